The predicted molar refractivity (Wildman–Crippen MR) is 77.2 cm³/mol. The molecule has 0 radical (unpaired) electrons. The van der Waals surface area contributed by atoms with Gasteiger partial charge in [-0.2, -0.15) is 0 Å². The molecule has 1 aliphatic rings. The van der Waals surface area contributed by atoms with E-state index >= 15 is 0 Å². The molecule has 1 saturated carbocycles. The van der Waals surface area contributed by atoms with Gasteiger partial charge in [-0.3, -0.25) is 0 Å². The van der Waals surface area contributed by atoms with Crippen molar-refractivity contribution >= 4 is 0 Å². The fraction of sp³-hybridized carbons (Fsp3) is 1.00. The van der Waals surface area contributed by atoms with Crippen molar-refractivity contribution in [2.24, 2.45) is 23.7 Å². The van der Waals surface area contributed by atoms with Gasteiger partial charge < -0.3 is 5.32 Å². The fourth-order valence-electron chi connectivity index (χ4n) is 4.05. The molecule has 1 rings (SSSR count). The first-order valence-corrected chi connectivity index (χ1v) is 7.85. The van der Waals surface area contributed by atoms with Crippen LogP contribution in [0, 0.1) is 23.7 Å². The minimum Gasteiger partial charge on any atom is -0.314 e. The van der Waals surface area contributed by atoms with Crippen molar-refractivity contribution in [3.8, 4) is 0 Å². The van der Waals surface area contributed by atoms with Gasteiger partial charge in [0.1, 0.15) is 0 Å². The molecule has 0 aromatic carbocycles. The second-order valence-electron chi connectivity index (χ2n) is 6.34. The molecule has 0 saturated heterocycles. The molecule has 102 valence electrons. The molecule has 0 aromatic rings. The molecule has 0 amide bonds. The first-order chi connectivity index (χ1) is 8.12. The standard InChI is InChI=1S/C16H33N/c1-6-14(7-2)16(17-8-3)15-10-12(4)9-13(5)11-15/h12-17H,6-11H2,1-5H3. The van der Waals surface area contributed by atoms with Crippen LogP contribution in [0.15, 0.2) is 0 Å². The van der Waals surface area contributed by atoms with Crippen LogP contribution in [0.5, 0.6) is 0 Å². The van der Waals surface area contributed by atoms with E-state index in [2.05, 4.69) is 39.9 Å². The highest BCUT2D eigenvalue weighted by Gasteiger charge is 2.32. The first kappa shape index (κ1) is 15.0. The van der Waals surface area contributed by atoms with E-state index in [9.17, 15) is 0 Å². The summed E-state index contributed by atoms with van der Waals surface area (Å²) < 4.78 is 0. The van der Waals surface area contributed by atoms with Gasteiger partial charge in [0, 0.05) is 6.04 Å². The van der Waals surface area contributed by atoms with Crippen LogP contribution in [0.4, 0.5) is 0 Å². The van der Waals surface area contributed by atoms with E-state index in [4.69, 9.17) is 0 Å². The summed E-state index contributed by atoms with van der Waals surface area (Å²) in [5.41, 5.74) is 0. The van der Waals surface area contributed by atoms with Gasteiger partial charge in [-0.05, 0) is 49.5 Å². The molecule has 3 unspecified atom stereocenters. The normalized spacial score (nSPS) is 31.8. The summed E-state index contributed by atoms with van der Waals surface area (Å²) in [5.74, 6) is 3.65. The van der Waals surface area contributed by atoms with Gasteiger partial charge in [0.15, 0.2) is 0 Å². The summed E-state index contributed by atoms with van der Waals surface area (Å²) in [6, 6.07) is 0.764. The molecule has 1 nitrogen and oxygen atoms in total. The quantitative estimate of drug-likeness (QED) is 0.721. The fourth-order valence-corrected chi connectivity index (χ4v) is 4.05. The maximum atomic E-state index is 3.80. The largest absolute Gasteiger partial charge is 0.314 e. The highest BCUT2D eigenvalue weighted by atomic mass is 14.9. The lowest BCUT2D eigenvalue weighted by atomic mass is 9.70. The van der Waals surface area contributed by atoms with E-state index in [1.165, 1.54) is 32.1 Å². The van der Waals surface area contributed by atoms with E-state index in [-0.39, 0.29) is 0 Å². The molecular weight excluding hydrogens is 206 g/mol. The lowest BCUT2D eigenvalue weighted by Gasteiger charge is -2.40. The van der Waals surface area contributed by atoms with Crippen molar-refractivity contribution in [2.75, 3.05) is 6.54 Å². The van der Waals surface area contributed by atoms with Crippen molar-refractivity contribution in [1.29, 1.82) is 0 Å². The summed E-state index contributed by atoms with van der Waals surface area (Å²) in [4.78, 5) is 0. The van der Waals surface area contributed by atoms with Crippen molar-refractivity contribution < 1.29 is 0 Å². The Morgan fingerprint density at radius 3 is 1.88 bits per heavy atom. The average molecular weight is 239 g/mol. The Morgan fingerprint density at radius 1 is 0.941 bits per heavy atom. The molecular formula is C16H33N. The van der Waals surface area contributed by atoms with Crippen molar-refractivity contribution in [1.82, 2.24) is 5.32 Å². The zero-order valence-corrected chi connectivity index (χ0v) is 12.6. The third-order valence-corrected chi connectivity index (χ3v) is 4.72. The molecule has 0 spiro atoms. The van der Waals surface area contributed by atoms with Gasteiger partial charge in [-0.15, -0.1) is 0 Å². The Morgan fingerprint density at radius 2 is 1.47 bits per heavy atom. The van der Waals surface area contributed by atoms with Crippen molar-refractivity contribution in [3.05, 3.63) is 0 Å². The minimum atomic E-state index is 0.764. The molecule has 17 heavy (non-hydrogen) atoms. The average Bonchev–Trinajstić information content (AvgIpc) is 2.28. The van der Waals surface area contributed by atoms with Gasteiger partial charge in [-0.25, -0.2) is 0 Å². The smallest absolute Gasteiger partial charge is 0.0123 e. The van der Waals surface area contributed by atoms with Gasteiger partial charge >= 0.3 is 0 Å². The van der Waals surface area contributed by atoms with E-state index < -0.39 is 0 Å². The highest BCUT2D eigenvalue weighted by molar-refractivity contribution is 4.87. The maximum Gasteiger partial charge on any atom is 0.0123 e. The summed E-state index contributed by atoms with van der Waals surface area (Å²) in [7, 11) is 0. The molecule has 1 aliphatic carbocycles. The van der Waals surface area contributed by atoms with Crippen LogP contribution in [0.2, 0.25) is 0 Å². The molecule has 1 fully saturated rings. The lowest BCUT2D eigenvalue weighted by molar-refractivity contribution is 0.140. The van der Waals surface area contributed by atoms with Gasteiger partial charge in [0.25, 0.3) is 0 Å². The molecule has 0 aliphatic heterocycles. The Bertz CT molecular complexity index is 188. The predicted octanol–water partition coefficient (Wildman–Crippen LogP) is 4.47. The topological polar surface area (TPSA) is 12.0 Å². The van der Waals surface area contributed by atoms with Crippen LogP contribution in [-0.4, -0.2) is 12.6 Å². The van der Waals surface area contributed by atoms with Gasteiger partial charge in [0.05, 0.1) is 0 Å². The Hall–Kier alpha value is -0.0400. The summed E-state index contributed by atoms with van der Waals surface area (Å²) in [5, 5.41) is 3.80. The second-order valence-corrected chi connectivity index (χ2v) is 6.34. The number of hydrogen-bond donors (Lipinski definition) is 1. The van der Waals surface area contributed by atoms with Gasteiger partial charge in [0.2, 0.25) is 0 Å². The van der Waals surface area contributed by atoms with E-state index in [1.54, 1.807) is 0 Å². The minimum absolute atomic E-state index is 0.764. The Kier molecular flexibility index (Phi) is 6.54. The zero-order chi connectivity index (χ0) is 12.8. The van der Waals surface area contributed by atoms with E-state index in [1.807, 2.05) is 0 Å². The summed E-state index contributed by atoms with van der Waals surface area (Å²) in [6.07, 6.45) is 6.98. The van der Waals surface area contributed by atoms with Crippen LogP contribution in [-0.2, 0) is 0 Å². The SMILES string of the molecule is CCNC(C(CC)CC)C1CC(C)CC(C)C1. The van der Waals surface area contributed by atoms with Crippen LogP contribution >= 0.6 is 0 Å². The molecule has 0 aromatic heterocycles. The molecule has 1 N–H and O–H groups in total. The molecule has 0 heterocycles. The third-order valence-electron chi connectivity index (χ3n) is 4.72. The van der Waals surface area contributed by atoms with Crippen LogP contribution in [0.25, 0.3) is 0 Å². The number of hydrogen-bond acceptors (Lipinski definition) is 1. The molecule has 1 heteroatoms. The van der Waals surface area contributed by atoms with Crippen molar-refractivity contribution in [3.63, 3.8) is 0 Å². The van der Waals surface area contributed by atoms with E-state index in [0.717, 1.165) is 36.3 Å². The highest BCUT2D eigenvalue weighted by Crippen LogP contribution is 2.37. The number of nitrogens with one attached hydrogen (secondary N) is 1. The van der Waals surface area contributed by atoms with Crippen molar-refractivity contribution in [2.45, 2.75) is 72.8 Å². The summed E-state index contributed by atoms with van der Waals surface area (Å²) in [6.45, 7) is 13.0. The summed E-state index contributed by atoms with van der Waals surface area (Å²) >= 11 is 0. The van der Waals surface area contributed by atoms with Crippen LogP contribution < -0.4 is 5.32 Å². The van der Waals surface area contributed by atoms with Crippen LogP contribution in [0.3, 0.4) is 0 Å². The second kappa shape index (κ2) is 7.41. The monoisotopic (exact) mass is 239 g/mol. The number of rotatable bonds is 6. The molecule has 3 atom stereocenters. The third kappa shape index (κ3) is 4.28. The Labute approximate surface area is 109 Å². The zero-order valence-electron chi connectivity index (χ0n) is 12.6. The first-order valence-electron chi connectivity index (χ1n) is 7.85. The van der Waals surface area contributed by atoms with E-state index in [0.29, 0.717) is 0 Å². The lowest BCUT2D eigenvalue weighted by Crippen LogP contribution is -2.44. The van der Waals surface area contributed by atoms with Gasteiger partial charge in [-0.1, -0.05) is 47.5 Å². The van der Waals surface area contributed by atoms with Crippen LogP contribution in [0.1, 0.15) is 66.7 Å². The maximum absolute atomic E-state index is 3.80. The Balaban J connectivity index is 2.67. The molecule has 0 bridgehead atoms.